The normalized spacial score (nSPS) is 9.21. The van der Waals surface area contributed by atoms with Gasteiger partial charge in [-0.3, -0.25) is 4.98 Å². The Morgan fingerprint density at radius 2 is 2.36 bits per heavy atom. The number of nitrogens with zero attached hydrogens (tertiary/aromatic N) is 1. The monoisotopic (exact) mass is 189 g/mol. The highest BCUT2D eigenvalue weighted by atomic mass is 16.5. The first-order chi connectivity index (χ1) is 6.65. The van der Waals surface area contributed by atoms with Gasteiger partial charge in [0.15, 0.2) is 5.75 Å². The second-order valence-corrected chi connectivity index (χ2v) is 2.76. The Balaban J connectivity index is 2.91. The summed E-state index contributed by atoms with van der Waals surface area (Å²) in [5.74, 6) is -0.0587. The quantitative estimate of drug-likeness (QED) is 0.540. The Morgan fingerprint density at radius 3 is 2.93 bits per heavy atom. The molecule has 3 heteroatoms. The van der Waals surface area contributed by atoms with E-state index in [1.165, 1.54) is 6.08 Å². The Morgan fingerprint density at radius 1 is 1.64 bits per heavy atom. The van der Waals surface area contributed by atoms with E-state index < -0.39 is 5.97 Å². The van der Waals surface area contributed by atoms with Crippen LogP contribution in [0.2, 0.25) is 0 Å². The van der Waals surface area contributed by atoms with Crippen LogP contribution in [0.1, 0.15) is 12.6 Å². The van der Waals surface area contributed by atoms with Gasteiger partial charge in [0.25, 0.3) is 0 Å². The molecule has 14 heavy (non-hydrogen) atoms. The maximum Gasteiger partial charge on any atom is 0.338 e. The molecule has 1 aromatic heterocycles. The van der Waals surface area contributed by atoms with Gasteiger partial charge in [-0.25, -0.2) is 4.79 Å². The first-order valence-corrected chi connectivity index (χ1v) is 4.10. The van der Waals surface area contributed by atoms with Gasteiger partial charge in [0.1, 0.15) is 5.69 Å². The number of ether oxygens (including phenoxy) is 1. The van der Waals surface area contributed by atoms with Crippen LogP contribution < -0.4 is 4.74 Å². The number of pyridine rings is 1. The number of hydrogen-bond donors (Lipinski definition) is 0. The zero-order valence-corrected chi connectivity index (χ0v) is 7.99. The molecular weight excluding hydrogens is 178 g/mol. The van der Waals surface area contributed by atoms with Crippen LogP contribution >= 0.6 is 0 Å². The largest absolute Gasteiger partial charge is 0.421 e. The fourth-order valence-electron chi connectivity index (χ4n) is 0.829. The number of esters is 1. The van der Waals surface area contributed by atoms with Gasteiger partial charge in [0.2, 0.25) is 0 Å². The molecule has 0 saturated carbocycles. The van der Waals surface area contributed by atoms with Crippen LogP contribution in [0, 0.1) is 0 Å². The maximum atomic E-state index is 11.2. The van der Waals surface area contributed by atoms with Crippen LogP contribution in [0.4, 0.5) is 0 Å². The van der Waals surface area contributed by atoms with E-state index in [4.69, 9.17) is 4.74 Å². The summed E-state index contributed by atoms with van der Waals surface area (Å²) in [6, 6.07) is 3.35. The van der Waals surface area contributed by atoms with Gasteiger partial charge < -0.3 is 4.74 Å². The van der Waals surface area contributed by atoms with Crippen molar-refractivity contribution in [2.75, 3.05) is 0 Å². The molecule has 0 amide bonds. The van der Waals surface area contributed by atoms with E-state index in [-0.39, 0.29) is 0 Å². The molecule has 3 nitrogen and oxygen atoms in total. The average Bonchev–Trinajstić information content (AvgIpc) is 2.18. The zero-order chi connectivity index (χ0) is 10.6. The molecule has 0 atom stereocenters. The van der Waals surface area contributed by atoms with Gasteiger partial charge in [-0.05, 0) is 25.1 Å². The lowest BCUT2D eigenvalue weighted by atomic mass is 10.3. The van der Waals surface area contributed by atoms with Crippen molar-refractivity contribution in [1.82, 2.24) is 4.98 Å². The predicted octanol–water partition coefficient (Wildman–Crippen LogP) is 2.21. The minimum Gasteiger partial charge on any atom is -0.421 e. The van der Waals surface area contributed by atoms with E-state index in [0.29, 0.717) is 17.0 Å². The topological polar surface area (TPSA) is 39.2 Å². The molecule has 1 aromatic rings. The fourth-order valence-corrected chi connectivity index (χ4v) is 0.829. The van der Waals surface area contributed by atoms with Gasteiger partial charge in [-0.1, -0.05) is 13.2 Å². The maximum absolute atomic E-state index is 11.2. The third-order valence-corrected chi connectivity index (χ3v) is 1.54. The summed E-state index contributed by atoms with van der Waals surface area (Å²) in [6.07, 6.45) is 3.14. The van der Waals surface area contributed by atoms with E-state index in [9.17, 15) is 4.79 Å². The van der Waals surface area contributed by atoms with E-state index in [2.05, 4.69) is 18.1 Å². The lowest BCUT2D eigenvalue weighted by Crippen LogP contribution is -2.09. The summed E-state index contributed by atoms with van der Waals surface area (Å²) < 4.78 is 5.03. The molecule has 0 saturated heterocycles. The molecule has 0 aromatic carbocycles. The highest BCUT2D eigenvalue weighted by Crippen LogP contribution is 2.16. The third kappa shape index (κ3) is 2.29. The van der Waals surface area contributed by atoms with Crippen LogP contribution in [0.25, 0.3) is 6.08 Å². The summed E-state index contributed by atoms with van der Waals surface area (Å²) in [5, 5.41) is 0. The molecule has 0 N–H and O–H groups in total. The third-order valence-electron chi connectivity index (χ3n) is 1.54. The number of rotatable bonds is 3. The van der Waals surface area contributed by atoms with Crippen molar-refractivity contribution in [3.05, 3.63) is 42.8 Å². The molecule has 0 fully saturated rings. The number of aromatic nitrogens is 1. The Labute approximate surface area is 82.7 Å². The number of hydrogen-bond acceptors (Lipinski definition) is 3. The summed E-state index contributed by atoms with van der Waals surface area (Å²) in [5.41, 5.74) is 0.894. The summed E-state index contributed by atoms with van der Waals surface area (Å²) >= 11 is 0. The molecule has 0 aliphatic carbocycles. The second-order valence-electron chi connectivity index (χ2n) is 2.76. The second kappa shape index (κ2) is 4.37. The molecular formula is C11H11NO2. The Kier molecular flexibility index (Phi) is 3.18. The number of carbonyl (C=O) groups excluding carboxylic acids is 1. The van der Waals surface area contributed by atoms with Gasteiger partial charge in [-0.2, -0.15) is 0 Å². The molecule has 0 aliphatic rings. The highest BCUT2D eigenvalue weighted by Gasteiger charge is 2.07. The van der Waals surface area contributed by atoms with Crippen molar-refractivity contribution in [3.8, 4) is 5.75 Å². The number of carbonyl (C=O) groups is 1. The van der Waals surface area contributed by atoms with Crippen LogP contribution in [0.5, 0.6) is 5.75 Å². The van der Waals surface area contributed by atoms with Gasteiger partial charge in [-0.15, -0.1) is 0 Å². The summed E-state index contributed by atoms with van der Waals surface area (Å²) in [7, 11) is 0. The SMILES string of the molecule is C=Cc1ncccc1OC(=O)C(=C)C. The summed E-state index contributed by atoms with van der Waals surface area (Å²) in [4.78, 5) is 15.2. The van der Waals surface area contributed by atoms with Gasteiger partial charge in [0, 0.05) is 11.8 Å². The predicted molar refractivity (Wildman–Crippen MR) is 54.8 cm³/mol. The molecule has 0 spiro atoms. The molecule has 0 bridgehead atoms. The summed E-state index contributed by atoms with van der Waals surface area (Å²) in [6.45, 7) is 8.64. The van der Waals surface area contributed by atoms with Crippen molar-refractivity contribution in [3.63, 3.8) is 0 Å². The van der Waals surface area contributed by atoms with Crippen LogP contribution in [-0.4, -0.2) is 11.0 Å². The minimum absolute atomic E-state index is 0.351. The minimum atomic E-state index is -0.457. The van der Waals surface area contributed by atoms with Crippen molar-refractivity contribution in [2.45, 2.75) is 6.92 Å². The fraction of sp³-hybridized carbons (Fsp3) is 0.0909. The zero-order valence-electron chi connectivity index (χ0n) is 7.99. The van der Waals surface area contributed by atoms with Crippen LogP contribution in [0.15, 0.2) is 37.1 Å². The molecule has 0 radical (unpaired) electrons. The lowest BCUT2D eigenvalue weighted by Gasteiger charge is -2.05. The van der Waals surface area contributed by atoms with Gasteiger partial charge in [0.05, 0.1) is 0 Å². The first-order valence-electron chi connectivity index (χ1n) is 4.10. The molecule has 0 aliphatic heterocycles. The van der Waals surface area contributed by atoms with E-state index >= 15 is 0 Å². The van der Waals surface area contributed by atoms with E-state index in [1.54, 1.807) is 25.3 Å². The standard InChI is InChI=1S/C11H11NO2/c1-4-9-10(6-5-7-12-9)14-11(13)8(2)3/h4-7H,1-2H2,3H3. The van der Waals surface area contributed by atoms with E-state index in [0.717, 1.165) is 0 Å². The van der Waals surface area contributed by atoms with Crippen molar-refractivity contribution in [2.24, 2.45) is 0 Å². The molecule has 1 rings (SSSR count). The van der Waals surface area contributed by atoms with Crippen LogP contribution in [-0.2, 0) is 4.79 Å². The smallest absolute Gasteiger partial charge is 0.338 e. The highest BCUT2D eigenvalue weighted by molar-refractivity contribution is 5.89. The van der Waals surface area contributed by atoms with Gasteiger partial charge >= 0.3 is 5.97 Å². The Bertz CT molecular complexity index is 383. The lowest BCUT2D eigenvalue weighted by molar-refractivity contribution is -0.130. The van der Waals surface area contributed by atoms with Crippen molar-refractivity contribution < 1.29 is 9.53 Å². The van der Waals surface area contributed by atoms with Crippen molar-refractivity contribution >= 4 is 12.0 Å². The van der Waals surface area contributed by atoms with Crippen LogP contribution in [0.3, 0.4) is 0 Å². The Hall–Kier alpha value is -1.90. The van der Waals surface area contributed by atoms with E-state index in [1.807, 2.05) is 0 Å². The molecule has 72 valence electrons. The molecule has 1 heterocycles. The first kappa shape index (κ1) is 10.2. The molecule has 0 unspecified atom stereocenters. The average molecular weight is 189 g/mol. The van der Waals surface area contributed by atoms with Crippen molar-refractivity contribution in [1.29, 1.82) is 0 Å².